The minimum absolute atomic E-state index is 0.0439. The van der Waals surface area contributed by atoms with Gasteiger partial charge in [0, 0.05) is 10.0 Å². The van der Waals surface area contributed by atoms with Gasteiger partial charge in [0.05, 0.1) is 10.6 Å². The average molecular weight is 530 g/mol. The van der Waals surface area contributed by atoms with Gasteiger partial charge in [0.1, 0.15) is 17.1 Å². The van der Waals surface area contributed by atoms with Crippen LogP contribution in [-0.2, 0) is 19.6 Å². The maximum absolute atomic E-state index is 13.1. The molecule has 3 aromatic rings. The van der Waals surface area contributed by atoms with Gasteiger partial charge < -0.3 is 4.42 Å². The van der Waals surface area contributed by atoms with E-state index in [4.69, 9.17) is 9.56 Å². The fourth-order valence-electron chi connectivity index (χ4n) is 3.28. The summed E-state index contributed by atoms with van der Waals surface area (Å²) in [5.41, 5.74) is 1.29. The third-order valence-electron chi connectivity index (χ3n) is 4.88. The molecule has 168 valence electrons. The summed E-state index contributed by atoms with van der Waals surface area (Å²) in [6, 6.07) is 13.0. The molecule has 1 fully saturated rings. The Bertz CT molecular complexity index is 1440. The summed E-state index contributed by atoms with van der Waals surface area (Å²) in [6.45, 7) is 1.74. The van der Waals surface area contributed by atoms with E-state index in [2.05, 4.69) is 21.2 Å². The van der Waals surface area contributed by atoms with Crippen molar-refractivity contribution < 1.29 is 27.2 Å². The summed E-state index contributed by atoms with van der Waals surface area (Å²) >= 11 is 3.33. The summed E-state index contributed by atoms with van der Waals surface area (Å²) in [5.74, 6) is -1.06. The number of halogens is 1. The van der Waals surface area contributed by atoms with Crippen molar-refractivity contribution in [1.29, 1.82) is 0 Å². The minimum Gasteiger partial charge on any atom is -0.457 e. The normalized spacial score (nSPS) is 15.8. The molecule has 2 aromatic carbocycles. The van der Waals surface area contributed by atoms with Crippen LogP contribution in [0.1, 0.15) is 11.3 Å². The molecule has 11 heteroatoms. The summed E-state index contributed by atoms with van der Waals surface area (Å²) in [5, 5.41) is 7.27. The molecule has 0 aliphatic carbocycles. The van der Waals surface area contributed by atoms with Gasteiger partial charge in [0.25, 0.3) is 11.8 Å². The number of amides is 4. The molecule has 1 aliphatic heterocycles. The van der Waals surface area contributed by atoms with Crippen molar-refractivity contribution in [2.24, 2.45) is 5.14 Å². The Balaban J connectivity index is 1.66. The Hall–Kier alpha value is -3.54. The number of furan rings is 1. The van der Waals surface area contributed by atoms with Gasteiger partial charge in [-0.25, -0.2) is 23.3 Å². The summed E-state index contributed by atoms with van der Waals surface area (Å²) in [4.78, 5) is 38.7. The van der Waals surface area contributed by atoms with Crippen molar-refractivity contribution >= 4 is 55.6 Å². The van der Waals surface area contributed by atoms with Crippen LogP contribution in [0.3, 0.4) is 0 Å². The molecule has 1 aromatic heterocycles. The number of primary sulfonamides is 1. The van der Waals surface area contributed by atoms with E-state index in [1.807, 2.05) is 0 Å². The zero-order chi connectivity index (χ0) is 23.9. The van der Waals surface area contributed by atoms with Gasteiger partial charge in [-0.2, -0.15) is 0 Å². The first kappa shape index (κ1) is 22.6. The topological polar surface area (TPSA) is 140 Å². The molecule has 0 saturated carbocycles. The molecule has 0 spiro atoms. The van der Waals surface area contributed by atoms with Gasteiger partial charge in [-0.3, -0.25) is 14.9 Å². The smallest absolute Gasteiger partial charge is 0.335 e. The van der Waals surface area contributed by atoms with Crippen LogP contribution >= 0.6 is 15.9 Å². The molecule has 0 atom stereocenters. The lowest BCUT2D eigenvalue weighted by atomic mass is 10.1. The molecular weight excluding hydrogens is 514 g/mol. The van der Waals surface area contributed by atoms with Gasteiger partial charge >= 0.3 is 6.03 Å². The summed E-state index contributed by atoms with van der Waals surface area (Å²) in [7, 11) is -3.82. The van der Waals surface area contributed by atoms with Crippen LogP contribution < -0.4 is 15.4 Å². The highest BCUT2D eigenvalue weighted by Crippen LogP contribution is 2.29. The number of hydrogen-bond acceptors (Lipinski definition) is 6. The molecule has 0 radical (unpaired) electrons. The predicted molar refractivity (Wildman–Crippen MR) is 123 cm³/mol. The zero-order valence-corrected chi connectivity index (χ0v) is 19.4. The largest absolute Gasteiger partial charge is 0.457 e. The molecule has 9 nitrogen and oxygen atoms in total. The van der Waals surface area contributed by atoms with Gasteiger partial charge in [-0.1, -0.05) is 15.9 Å². The van der Waals surface area contributed by atoms with Crippen LogP contribution in [0.2, 0.25) is 0 Å². The number of aryl methyl sites for hydroxylation is 1. The molecule has 0 bridgehead atoms. The minimum atomic E-state index is -3.82. The lowest BCUT2D eigenvalue weighted by molar-refractivity contribution is -0.122. The van der Waals surface area contributed by atoms with E-state index in [0.717, 1.165) is 9.37 Å². The van der Waals surface area contributed by atoms with E-state index in [0.29, 0.717) is 22.6 Å². The first-order valence-electron chi connectivity index (χ1n) is 9.45. The van der Waals surface area contributed by atoms with Crippen molar-refractivity contribution in [3.05, 3.63) is 76.0 Å². The Morgan fingerprint density at radius 1 is 1.03 bits per heavy atom. The predicted octanol–water partition coefficient (Wildman–Crippen LogP) is 3.33. The second-order valence-corrected chi connectivity index (χ2v) is 9.64. The zero-order valence-electron chi connectivity index (χ0n) is 17.0. The van der Waals surface area contributed by atoms with Crippen LogP contribution in [-0.4, -0.2) is 26.3 Å². The number of hydrogen-bond donors (Lipinski definition) is 2. The Morgan fingerprint density at radius 2 is 1.73 bits per heavy atom. The molecule has 33 heavy (non-hydrogen) atoms. The second kappa shape index (κ2) is 8.43. The lowest BCUT2D eigenvalue weighted by Gasteiger charge is -2.27. The number of barbiturate groups is 1. The number of anilines is 1. The van der Waals surface area contributed by atoms with E-state index in [1.54, 1.807) is 37.3 Å². The highest BCUT2D eigenvalue weighted by molar-refractivity contribution is 9.10. The third kappa shape index (κ3) is 4.51. The van der Waals surface area contributed by atoms with E-state index in [-0.39, 0.29) is 16.2 Å². The van der Waals surface area contributed by atoms with E-state index in [9.17, 15) is 22.8 Å². The second-order valence-electron chi connectivity index (χ2n) is 7.16. The molecule has 0 unspecified atom stereocenters. The van der Waals surface area contributed by atoms with E-state index < -0.39 is 27.9 Å². The van der Waals surface area contributed by atoms with E-state index in [1.165, 1.54) is 30.3 Å². The number of nitrogens with zero attached hydrogens (tertiary/aromatic N) is 1. The molecular formula is C22H16BrN3O6S. The van der Waals surface area contributed by atoms with Crippen LogP contribution in [0.5, 0.6) is 0 Å². The van der Waals surface area contributed by atoms with Gasteiger partial charge in [-0.05, 0) is 73.2 Å². The van der Waals surface area contributed by atoms with Crippen molar-refractivity contribution in [1.82, 2.24) is 5.32 Å². The molecule has 4 rings (SSSR count). The molecule has 4 amide bonds. The summed E-state index contributed by atoms with van der Waals surface area (Å²) in [6.07, 6.45) is 1.24. The lowest BCUT2D eigenvalue weighted by Crippen LogP contribution is -2.54. The highest BCUT2D eigenvalue weighted by atomic mass is 79.9. The summed E-state index contributed by atoms with van der Waals surface area (Å²) < 4.78 is 29.3. The van der Waals surface area contributed by atoms with Crippen molar-refractivity contribution in [3.8, 4) is 11.3 Å². The molecule has 1 saturated heterocycles. The molecule has 2 heterocycles. The highest BCUT2D eigenvalue weighted by Gasteiger charge is 2.37. The Morgan fingerprint density at radius 3 is 2.36 bits per heavy atom. The monoisotopic (exact) mass is 529 g/mol. The maximum Gasteiger partial charge on any atom is 0.335 e. The fourth-order valence-corrected chi connectivity index (χ4v) is 4.27. The van der Waals surface area contributed by atoms with Crippen LogP contribution in [0, 0.1) is 6.92 Å². The Kier molecular flexibility index (Phi) is 5.78. The maximum atomic E-state index is 13.1. The number of rotatable bonds is 4. The van der Waals surface area contributed by atoms with Crippen molar-refractivity contribution in [3.63, 3.8) is 0 Å². The quantitative estimate of drug-likeness (QED) is 0.392. The van der Waals surface area contributed by atoms with Gasteiger partial charge in [-0.15, -0.1) is 0 Å². The third-order valence-corrected chi connectivity index (χ3v) is 6.30. The molecule has 3 N–H and O–H groups in total. The number of sulfonamides is 1. The van der Waals surface area contributed by atoms with E-state index >= 15 is 0 Å². The molecule has 1 aliphatic rings. The number of imide groups is 2. The number of benzene rings is 2. The Labute approximate surface area is 197 Å². The van der Waals surface area contributed by atoms with Gasteiger partial charge in [0.15, 0.2) is 0 Å². The standard InChI is InChI=1S/C22H16BrN3O6S/c1-12-10-14(23)4-8-18(12)26-21(28)17(20(27)25-22(26)29)11-15-5-9-19(32-15)13-2-6-16(7-3-13)33(24,30)31/h2-11H,1H3,(H2,24,30,31)(H,25,27,29)/b17-11+. The fraction of sp³-hybridized carbons (Fsp3) is 0.0455. The average Bonchev–Trinajstić information content (AvgIpc) is 3.21. The SMILES string of the molecule is Cc1cc(Br)ccc1N1C(=O)NC(=O)/C(=C\c2ccc(-c3ccc(S(N)(=O)=O)cc3)o2)C1=O. The van der Waals surface area contributed by atoms with Crippen LogP contribution in [0.15, 0.2) is 74.0 Å². The number of carbonyl (C=O) groups is 3. The first-order valence-corrected chi connectivity index (χ1v) is 11.8. The number of carbonyl (C=O) groups excluding carboxylic acids is 3. The van der Waals surface area contributed by atoms with Crippen molar-refractivity contribution in [2.75, 3.05) is 4.90 Å². The number of urea groups is 1. The van der Waals surface area contributed by atoms with Gasteiger partial charge in [0.2, 0.25) is 10.0 Å². The first-order chi connectivity index (χ1) is 15.5. The number of nitrogens with two attached hydrogens (primary N) is 1. The van der Waals surface area contributed by atoms with Crippen LogP contribution in [0.4, 0.5) is 10.5 Å². The van der Waals surface area contributed by atoms with Crippen LogP contribution in [0.25, 0.3) is 17.4 Å². The number of nitrogens with one attached hydrogen (secondary N) is 1. The van der Waals surface area contributed by atoms with Crippen molar-refractivity contribution in [2.45, 2.75) is 11.8 Å².